The van der Waals surface area contributed by atoms with E-state index in [1.54, 1.807) is 18.2 Å². The van der Waals surface area contributed by atoms with Gasteiger partial charge < -0.3 is 10.2 Å². The maximum absolute atomic E-state index is 12.8. The Kier molecular flexibility index (Phi) is 5.06. The van der Waals surface area contributed by atoms with E-state index in [-0.39, 0.29) is 28.5 Å². The Morgan fingerprint density at radius 3 is 2.56 bits per heavy atom. The van der Waals surface area contributed by atoms with E-state index >= 15 is 0 Å². The number of rotatable bonds is 5. The molecule has 3 fully saturated rings. The van der Waals surface area contributed by atoms with Crippen LogP contribution in [0.2, 0.25) is 0 Å². The largest absolute Gasteiger partial charge is 0.366 e. The normalized spacial score (nSPS) is 28.9. The standard InChI is InChI=1S/C21H29N3O3/c1-14(18-13-15-6-7-17(18)12-15)22-21(25)16-8-10-23(11-9-16)19-4-2-3-5-20(19)24(26)27/h2-5,14-18H,6-13H2,1H3,(H,22,25). The van der Waals surface area contributed by atoms with Crippen LogP contribution in [0.3, 0.4) is 0 Å². The minimum atomic E-state index is -0.328. The number of nitrogens with one attached hydrogen (secondary N) is 1. The molecule has 1 heterocycles. The van der Waals surface area contributed by atoms with Crippen molar-refractivity contribution in [2.24, 2.45) is 23.7 Å². The average Bonchev–Trinajstić information content (AvgIpc) is 3.31. The molecule has 3 aliphatic rings. The van der Waals surface area contributed by atoms with E-state index in [0.717, 1.165) is 24.7 Å². The van der Waals surface area contributed by atoms with E-state index in [1.165, 1.54) is 25.7 Å². The zero-order valence-corrected chi connectivity index (χ0v) is 16.0. The van der Waals surface area contributed by atoms with Gasteiger partial charge in [0, 0.05) is 31.1 Å². The number of nitro groups is 1. The van der Waals surface area contributed by atoms with Crippen molar-refractivity contribution >= 4 is 17.3 Å². The molecule has 2 aliphatic carbocycles. The SMILES string of the molecule is CC(NC(=O)C1CCN(c2ccccc2[N+](=O)[O-])CC1)C1CC2CCC1C2. The van der Waals surface area contributed by atoms with E-state index in [0.29, 0.717) is 24.7 Å². The number of carbonyl (C=O) groups is 1. The lowest BCUT2D eigenvalue weighted by atomic mass is 9.83. The molecule has 1 saturated heterocycles. The van der Waals surface area contributed by atoms with Crippen molar-refractivity contribution in [2.75, 3.05) is 18.0 Å². The number of nitrogens with zero attached hydrogens (tertiary/aromatic N) is 2. The van der Waals surface area contributed by atoms with Gasteiger partial charge in [-0.3, -0.25) is 14.9 Å². The van der Waals surface area contributed by atoms with Crippen molar-refractivity contribution in [2.45, 2.75) is 51.5 Å². The van der Waals surface area contributed by atoms with Crippen molar-refractivity contribution in [3.8, 4) is 0 Å². The fourth-order valence-corrected chi connectivity index (χ4v) is 5.62. The van der Waals surface area contributed by atoms with E-state index in [2.05, 4.69) is 12.2 Å². The number of hydrogen-bond donors (Lipinski definition) is 1. The molecular formula is C21H29N3O3. The predicted molar refractivity (Wildman–Crippen MR) is 105 cm³/mol. The average molecular weight is 371 g/mol. The Bertz CT molecular complexity index is 714. The highest BCUT2D eigenvalue weighted by Gasteiger charge is 2.42. The van der Waals surface area contributed by atoms with Crippen LogP contribution >= 0.6 is 0 Å². The number of amides is 1. The molecule has 6 nitrogen and oxygen atoms in total. The van der Waals surface area contributed by atoms with Gasteiger partial charge in [-0.2, -0.15) is 0 Å². The monoisotopic (exact) mass is 371 g/mol. The molecule has 2 bridgehead atoms. The summed E-state index contributed by atoms with van der Waals surface area (Å²) in [5.41, 5.74) is 0.807. The van der Waals surface area contributed by atoms with Crippen molar-refractivity contribution in [1.82, 2.24) is 5.32 Å². The van der Waals surface area contributed by atoms with E-state index in [1.807, 2.05) is 11.0 Å². The van der Waals surface area contributed by atoms with Crippen molar-refractivity contribution in [1.29, 1.82) is 0 Å². The Balaban J connectivity index is 1.31. The van der Waals surface area contributed by atoms with Crippen LogP contribution in [0.5, 0.6) is 0 Å². The second-order valence-electron chi connectivity index (χ2n) is 8.64. The summed E-state index contributed by atoms with van der Waals surface area (Å²) in [4.78, 5) is 25.7. The van der Waals surface area contributed by atoms with Gasteiger partial charge in [0.15, 0.2) is 0 Å². The molecule has 146 valence electrons. The molecule has 4 unspecified atom stereocenters. The van der Waals surface area contributed by atoms with Gasteiger partial charge in [0.2, 0.25) is 5.91 Å². The van der Waals surface area contributed by atoms with Crippen molar-refractivity contribution in [3.05, 3.63) is 34.4 Å². The quantitative estimate of drug-likeness (QED) is 0.632. The maximum Gasteiger partial charge on any atom is 0.292 e. The number of hydrogen-bond acceptors (Lipinski definition) is 4. The molecule has 1 amide bonds. The molecule has 0 aromatic heterocycles. The summed E-state index contributed by atoms with van der Waals surface area (Å²) in [5.74, 6) is 2.55. The van der Waals surface area contributed by atoms with Crippen molar-refractivity contribution in [3.63, 3.8) is 0 Å². The molecule has 4 rings (SSSR count). The third-order valence-corrected chi connectivity index (χ3v) is 7.09. The summed E-state index contributed by atoms with van der Waals surface area (Å²) in [5, 5.41) is 14.5. The number of fused-ring (bicyclic) bond motifs is 2. The van der Waals surface area contributed by atoms with Gasteiger partial charge in [0.25, 0.3) is 5.69 Å². The van der Waals surface area contributed by atoms with Gasteiger partial charge in [0.05, 0.1) is 4.92 Å². The van der Waals surface area contributed by atoms with Crippen LogP contribution in [0.15, 0.2) is 24.3 Å². The molecule has 0 spiro atoms. The molecule has 1 N–H and O–H groups in total. The first kappa shape index (κ1) is 18.3. The highest BCUT2D eigenvalue weighted by atomic mass is 16.6. The predicted octanol–water partition coefficient (Wildman–Crippen LogP) is 3.75. The first-order valence-electron chi connectivity index (χ1n) is 10.3. The molecule has 4 atom stereocenters. The highest BCUT2D eigenvalue weighted by molar-refractivity contribution is 5.79. The summed E-state index contributed by atoms with van der Waals surface area (Å²) in [6, 6.07) is 7.14. The van der Waals surface area contributed by atoms with Crippen LogP contribution in [-0.4, -0.2) is 30.0 Å². The number of piperidine rings is 1. The summed E-state index contributed by atoms with van der Waals surface area (Å²) >= 11 is 0. The second kappa shape index (κ2) is 7.49. The summed E-state index contributed by atoms with van der Waals surface area (Å²) < 4.78 is 0. The van der Waals surface area contributed by atoms with Gasteiger partial charge in [-0.05, 0) is 62.8 Å². The first-order valence-corrected chi connectivity index (χ1v) is 10.3. The van der Waals surface area contributed by atoms with Crippen LogP contribution in [0.4, 0.5) is 11.4 Å². The van der Waals surface area contributed by atoms with Gasteiger partial charge >= 0.3 is 0 Å². The molecule has 1 aromatic rings. The third kappa shape index (κ3) is 3.66. The lowest BCUT2D eigenvalue weighted by Crippen LogP contribution is -2.46. The fourth-order valence-electron chi connectivity index (χ4n) is 5.62. The van der Waals surface area contributed by atoms with E-state index in [4.69, 9.17) is 0 Å². The van der Waals surface area contributed by atoms with Crippen LogP contribution in [0.1, 0.15) is 45.4 Å². The summed E-state index contributed by atoms with van der Waals surface area (Å²) in [6.45, 7) is 3.54. The Morgan fingerprint density at radius 2 is 1.93 bits per heavy atom. The summed E-state index contributed by atoms with van der Waals surface area (Å²) in [6.07, 6.45) is 6.86. The minimum Gasteiger partial charge on any atom is -0.366 e. The lowest BCUT2D eigenvalue weighted by molar-refractivity contribution is -0.384. The Morgan fingerprint density at radius 1 is 1.19 bits per heavy atom. The lowest BCUT2D eigenvalue weighted by Gasteiger charge is -2.34. The fraction of sp³-hybridized carbons (Fsp3) is 0.667. The van der Waals surface area contributed by atoms with E-state index in [9.17, 15) is 14.9 Å². The summed E-state index contributed by atoms with van der Waals surface area (Å²) in [7, 11) is 0. The van der Waals surface area contributed by atoms with Crippen LogP contribution in [0, 0.1) is 33.8 Å². The maximum atomic E-state index is 12.8. The second-order valence-corrected chi connectivity index (χ2v) is 8.64. The Labute approximate surface area is 160 Å². The van der Waals surface area contributed by atoms with Crippen molar-refractivity contribution < 1.29 is 9.72 Å². The van der Waals surface area contributed by atoms with Gasteiger partial charge in [0.1, 0.15) is 5.69 Å². The van der Waals surface area contributed by atoms with Gasteiger partial charge in [-0.15, -0.1) is 0 Å². The first-order chi connectivity index (χ1) is 13.0. The molecular weight excluding hydrogens is 342 g/mol. The molecule has 27 heavy (non-hydrogen) atoms. The van der Waals surface area contributed by atoms with Crippen LogP contribution in [-0.2, 0) is 4.79 Å². The Hall–Kier alpha value is -2.11. The molecule has 0 radical (unpaired) electrons. The number of nitro benzene ring substituents is 1. The number of benzene rings is 1. The zero-order valence-electron chi connectivity index (χ0n) is 16.0. The molecule has 2 saturated carbocycles. The third-order valence-electron chi connectivity index (χ3n) is 7.09. The zero-order chi connectivity index (χ0) is 19.0. The number of carbonyl (C=O) groups excluding carboxylic acids is 1. The molecule has 1 aromatic carbocycles. The number of para-hydroxylation sites is 2. The highest BCUT2D eigenvalue weighted by Crippen LogP contribution is 2.49. The van der Waals surface area contributed by atoms with Gasteiger partial charge in [-0.25, -0.2) is 0 Å². The molecule has 1 aliphatic heterocycles. The number of anilines is 1. The van der Waals surface area contributed by atoms with Crippen LogP contribution in [0.25, 0.3) is 0 Å². The van der Waals surface area contributed by atoms with Gasteiger partial charge in [-0.1, -0.05) is 18.6 Å². The smallest absolute Gasteiger partial charge is 0.292 e. The topological polar surface area (TPSA) is 75.5 Å². The minimum absolute atomic E-state index is 0.0186. The van der Waals surface area contributed by atoms with E-state index < -0.39 is 0 Å². The molecule has 6 heteroatoms. The van der Waals surface area contributed by atoms with Crippen LogP contribution < -0.4 is 10.2 Å².